The maximum Gasteiger partial charge on any atom is 0.312 e. The first kappa shape index (κ1) is 25.2. The van der Waals surface area contributed by atoms with Gasteiger partial charge in [0.1, 0.15) is 17.6 Å². The third-order valence-corrected chi connectivity index (χ3v) is 8.69. The Morgan fingerprint density at radius 3 is 2.59 bits per heavy atom. The van der Waals surface area contributed by atoms with E-state index in [0.29, 0.717) is 25.8 Å². The summed E-state index contributed by atoms with van der Waals surface area (Å²) in [7, 11) is 0. The van der Waals surface area contributed by atoms with Crippen molar-refractivity contribution in [3.8, 4) is 0 Å². The Hall–Kier alpha value is -1.93. The lowest BCUT2D eigenvalue weighted by atomic mass is 9.66. The van der Waals surface area contributed by atoms with Crippen molar-refractivity contribution in [3.05, 3.63) is 12.7 Å². The standard InChI is InChI=1S/C26H40N2O6/c1-5-15-27(18-11-9-8-10-12-18)23(31)21-26-14-13-25(4,34-26)20(24(32)33-7-3)19(26)22(30)28(21)17(6-2)16-29/h5,17-21,29H,1,6-16H2,2-4H3/t17-,19-,20+,21?,25-,26?/m0/s1. The molecule has 8 nitrogen and oxygen atoms in total. The van der Waals surface area contributed by atoms with Crippen molar-refractivity contribution >= 4 is 17.8 Å². The lowest BCUT2D eigenvalue weighted by molar-refractivity contribution is -0.162. The van der Waals surface area contributed by atoms with Crippen molar-refractivity contribution < 1.29 is 29.0 Å². The van der Waals surface area contributed by atoms with Crippen molar-refractivity contribution in [2.24, 2.45) is 11.8 Å². The van der Waals surface area contributed by atoms with Crippen molar-refractivity contribution in [2.75, 3.05) is 19.8 Å². The van der Waals surface area contributed by atoms with E-state index in [0.717, 1.165) is 32.1 Å². The average Bonchev–Trinajstić information content (AvgIpc) is 3.40. The molecular formula is C26H40N2O6. The molecule has 1 spiro atoms. The summed E-state index contributed by atoms with van der Waals surface area (Å²) < 4.78 is 12.0. The number of ether oxygens (including phenoxy) is 2. The van der Waals surface area contributed by atoms with Gasteiger partial charge in [-0.2, -0.15) is 0 Å². The fraction of sp³-hybridized carbons (Fsp3) is 0.808. The highest BCUT2D eigenvalue weighted by Gasteiger charge is 2.79. The zero-order chi connectivity index (χ0) is 24.7. The molecule has 1 aliphatic carbocycles. The minimum atomic E-state index is -1.09. The van der Waals surface area contributed by atoms with Crippen LogP contribution in [0.4, 0.5) is 0 Å². The van der Waals surface area contributed by atoms with Crippen LogP contribution >= 0.6 is 0 Å². The summed E-state index contributed by atoms with van der Waals surface area (Å²) in [6.07, 6.45) is 8.51. The van der Waals surface area contributed by atoms with Crippen LogP contribution in [0.2, 0.25) is 0 Å². The normalized spacial score (nSPS) is 35.8. The molecule has 1 saturated carbocycles. The van der Waals surface area contributed by atoms with Crippen LogP contribution in [0, 0.1) is 11.8 Å². The maximum atomic E-state index is 14.4. The van der Waals surface area contributed by atoms with Crippen LogP contribution in [0.3, 0.4) is 0 Å². The highest BCUT2D eigenvalue weighted by molar-refractivity contribution is 5.98. The highest BCUT2D eigenvalue weighted by Crippen LogP contribution is 2.63. The SMILES string of the molecule is C=CCN(C(=O)C1N([C@@H](CC)CO)C(=O)[C@@H]2[C@H](C(=O)OCC)[C@]3(C)CCC12O3)C1CCCCC1. The second-order valence-electron chi connectivity index (χ2n) is 10.5. The van der Waals surface area contributed by atoms with E-state index in [1.165, 1.54) is 0 Å². The predicted octanol–water partition coefficient (Wildman–Crippen LogP) is 2.43. The van der Waals surface area contributed by atoms with Crippen molar-refractivity contribution in [1.29, 1.82) is 0 Å². The second kappa shape index (κ2) is 9.61. The van der Waals surface area contributed by atoms with E-state index in [4.69, 9.17) is 9.47 Å². The van der Waals surface area contributed by atoms with Gasteiger partial charge in [-0.05, 0) is 46.0 Å². The molecule has 4 fully saturated rings. The summed E-state index contributed by atoms with van der Waals surface area (Å²) in [6.45, 7) is 9.75. The molecular weight excluding hydrogens is 436 g/mol. The number of aliphatic hydroxyl groups excluding tert-OH is 1. The van der Waals surface area contributed by atoms with E-state index >= 15 is 0 Å². The predicted molar refractivity (Wildman–Crippen MR) is 126 cm³/mol. The summed E-state index contributed by atoms with van der Waals surface area (Å²) in [5.74, 6) is -2.40. The molecule has 3 saturated heterocycles. The third kappa shape index (κ3) is 3.68. The van der Waals surface area contributed by atoms with Crippen molar-refractivity contribution in [1.82, 2.24) is 9.80 Å². The smallest absolute Gasteiger partial charge is 0.312 e. The molecule has 0 aromatic heterocycles. The second-order valence-corrected chi connectivity index (χ2v) is 10.5. The summed E-state index contributed by atoms with van der Waals surface area (Å²) in [5, 5.41) is 10.2. The Bertz CT molecular complexity index is 822. The quantitative estimate of drug-likeness (QED) is 0.406. The summed E-state index contributed by atoms with van der Waals surface area (Å²) in [4.78, 5) is 44.9. The van der Waals surface area contributed by atoms with Gasteiger partial charge in [0.2, 0.25) is 11.8 Å². The van der Waals surface area contributed by atoms with E-state index in [1.807, 2.05) is 18.7 Å². The molecule has 4 aliphatic rings. The van der Waals surface area contributed by atoms with Gasteiger partial charge in [-0.15, -0.1) is 6.58 Å². The Kier molecular flexibility index (Phi) is 7.11. The molecule has 2 amide bonds. The fourth-order valence-corrected chi connectivity index (χ4v) is 7.15. The Labute approximate surface area is 202 Å². The van der Waals surface area contributed by atoms with Crippen LogP contribution in [0.15, 0.2) is 12.7 Å². The molecule has 3 heterocycles. The topological polar surface area (TPSA) is 96.4 Å². The minimum absolute atomic E-state index is 0.0934. The van der Waals surface area contributed by atoms with Crippen LogP contribution in [0.5, 0.6) is 0 Å². The van der Waals surface area contributed by atoms with Gasteiger partial charge in [0.15, 0.2) is 0 Å². The first-order valence-electron chi connectivity index (χ1n) is 13.0. The molecule has 34 heavy (non-hydrogen) atoms. The number of aliphatic hydroxyl groups is 1. The van der Waals surface area contributed by atoms with Gasteiger partial charge in [-0.3, -0.25) is 14.4 Å². The Balaban J connectivity index is 1.79. The summed E-state index contributed by atoms with van der Waals surface area (Å²) in [6, 6.07) is -1.29. The molecule has 0 aromatic carbocycles. The largest absolute Gasteiger partial charge is 0.466 e. The molecule has 3 aliphatic heterocycles. The number of hydrogen-bond donors (Lipinski definition) is 1. The average molecular weight is 477 g/mol. The van der Waals surface area contributed by atoms with Gasteiger partial charge in [-0.25, -0.2) is 0 Å². The van der Waals surface area contributed by atoms with Gasteiger partial charge in [0, 0.05) is 12.6 Å². The first-order valence-corrected chi connectivity index (χ1v) is 13.0. The number of nitrogens with zero attached hydrogens (tertiary/aromatic N) is 2. The third-order valence-electron chi connectivity index (χ3n) is 8.69. The maximum absolute atomic E-state index is 14.4. The zero-order valence-corrected chi connectivity index (χ0v) is 20.8. The van der Waals surface area contributed by atoms with Crippen LogP contribution in [-0.4, -0.2) is 81.8 Å². The van der Waals surface area contributed by atoms with E-state index in [2.05, 4.69) is 6.58 Å². The van der Waals surface area contributed by atoms with Gasteiger partial charge in [-0.1, -0.05) is 32.3 Å². The van der Waals surface area contributed by atoms with Crippen LogP contribution < -0.4 is 0 Å². The Morgan fingerprint density at radius 1 is 1.29 bits per heavy atom. The monoisotopic (exact) mass is 476 g/mol. The van der Waals surface area contributed by atoms with Crippen LogP contribution in [-0.2, 0) is 23.9 Å². The van der Waals surface area contributed by atoms with Gasteiger partial charge >= 0.3 is 5.97 Å². The van der Waals surface area contributed by atoms with Crippen molar-refractivity contribution in [2.45, 2.75) is 101 Å². The molecule has 8 heteroatoms. The van der Waals surface area contributed by atoms with Crippen LogP contribution in [0.25, 0.3) is 0 Å². The number of esters is 1. The minimum Gasteiger partial charge on any atom is -0.466 e. The number of hydrogen-bond acceptors (Lipinski definition) is 6. The molecule has 6 atom stereocenters. The van der Waals surface area contributed by atoms with Gasteiger partial charge in [0.05, 0.1) is 30.8 Å². The summed E-state index contributed by atoms with van der Waals surface area (Å²) >= 11 is 0. The fourth-order valence-electron chi connectivity index (χ4n) is 7.15. The lowest BCUT2D eigenvalue weighted by Gasteiger charge is -2.42. The number of carbonyl (C=O) groups is 3. The molecule has 0 radical (unpaired) electrons. The van der Waals surface area contributed by atoms with Crippen molar-refractivity contribution in [3.63, 3.8) is 0 Å². The van der Waals surface area contributed by atoms with E-state index < -0.39 is 41.1 Å². The van der Waals surface area contributed by atoms with Gasteiger partial charge in [0.25, 0.3) is 0 Å². The number of fused-ring (bicyclic) bond motifs is 1. The number of likely N-dealkylation sites (tertiary alicyclic amines) is 1. The number of amides is 2. The van der Waals surface area contributed by atoms with Crippen LogP contribution in [0.1, 0.15) is 72.1 Å². The molecule has 190 valence electrons. The molecule has 4 rings (SSSR count). The number of carbonyl (C=O) groups excluding carboxylic acids is 3. The first-order chi connectivity index (χ1) is 16.3. The molecule has 0 aromatic rings. The lowest BCUT2D eigenvalue weighted by Crippen LogP contribution is -2.60. The zero-order valence-electron chi connectivity index (χ0n) is 20.8. The van der Waals surface area contributed by atoms with E-state index in [1.54, 1.807) is 17.9 Å². The van der Waals surface area contributed by atoms with Gasteiger partial charge < -0.3 is 24.4 Å². The molecule has 1 N–H and O–H groups in total. The number of rotatable bonds is 9. The Morgan fingerprint density at radius 2 is 2.00 bits per heavy atom. The molecule has 2 bridgehead atoms. The highest BCUT2D eigenvalue weighted by atomic mass is 16.6. The van der Waals surface area contributed by atoms with E-state index in [9.17, 15) is 19.5 Å². The molecule has 2 unspecified atom stereocenters. The van der Waals surface area contributed by atoms with E-state index in [-0.39, 0.29) is 31.1 Å². The summed E-state index contributed by atoms with van der Waals surface area (Å²) in [5.41, 5.74) is -1.93.